The third-order valence-corrected chi connectivity index (χ3v) is 0. The van der Waals surface area contributed by atoms with Gasteiger partial charge in [-0.25, -0.2) is 0 Å². The lowest BCUT2D eigenvalue weighted by Crippen LogP contribution is 0.419. The molecular weight excluding hydrogens is 241 g/mol. The Hall–Kier alpha value is 0.310. The summed E-state index contributed by atoms with van der Waals surface area (Å²) in [5, 5.41) is 0. The molecule has 7 heteroatoms. The van der Waals surface area contributed by atoms with Crippen molar-refractivity contribution in [3.8, 4) is 0 Å². The lowest BCUT2D eigenvalue weighted by atomic mass is 19.0. The second kappa shape index (κ2) is 1850. The maximum Gasteiger partial charge on any atom is -0.107 e. The summed E-state index contributed by atoms with van der Waals surface area (Å²) in [5.74, 6) is 0. The predicted octanol–water partition coefficient (Wildman–Crippen LogP) is 1.53. The molecule has 0 aromatic carbocycles. The van der Waals surface area contributed by atoms with E-state index in [9.17, 15) is 0 Å². The molecule has 0 rings (SSSR count). The van der Waals surface area contributed by atoms with Gasteiger partial charge in [0, 0.05) is 0 Å². The van der Waals surface area contributed by atoms with Crippen LogP contribution < -0.4 is 0 Å². The standard InChI is InChI=1S/6FH.HI/h7*1H. The largest absolute Gasteiger partial charge is 0.269 e. The van der Waals surface area contributed by atoms with Crippen LogP contribution in [0.25, 0.3) is 0 Å². The molecule has 0 aliphatic heterocycles. The summed E-state index contributed by atoms with van der Waals surface area (Å²) in [5.41, 5.74) is 0. The zero-order valence-corrected chi connectivity index (χ0v) is 5.19. The van der Waals surface area contributed by atoms with Gasteiger partial charge in [0.1, 0.15) is 0 Å². The van der Waals surface area contributed by atoms with Gasteiger partial charge < -0.3 is 0 Å². The molecule has 0 amide bonds. The lowest BCUT2D eigenvalue weighted by molar-refractivity contribution is 1.11. The summed E-state index contributed by atoms with van der Waals surface area (Å²) < 4.78 is 0. The van der Waals surface area contributed by atoms with Gasteiger partial charge in [-0.1, -0.05) is 0 Å². The Bertz CT molecular complexity index is 4.14. The van der Waals surface area contributed by atoms with Gasteiger partial charge in [0.15, 0.2) is 0 Å². The van der Waals surface area contributed by atoms with Crippen LogP contribution in [0.5, 0.6) is 0 Å². The monoisotopic (exact) mass is 248 g/mol. The van der Waals surface area contributed by atoms with E-state index < -0.39 is 0 Å². The van der Waals surface area contributed by atoms with E-state index in [1.54, 1.807) is 0 Å². The molecule has 0 saturated heterocycles. The van der Waals surface area contributed by atoms with Crippen LogP contribution in [0, 0.1) is 0 Å². The zero-order valence-electron chi connectivity index (χ0n) is 2.86. The molecule has 0 aromatic heterocycles. The molecule has 0 aromatic rings. The van der Waals surface area contributed by atoms with Crippen LogP contribution in [0.1, 0.15) is 0 Å². The molecular formula is H7F6I. The second-order valence-electron chi connectivity index (χ2n) is 0. The van der Waals surface area contributed by atoms with Gasteiger partial charge in [-0.15, -0.1) is 24.0 Å². The van der Waals surface area contributed by atoms with E-state index in [2.05, 4.69) is 0 Å². The summed E-state index contributed by atoms with van der Waals surface area (Å²) in [7, 11) is 0. The van der Waals surface area contributed by atoms with Crippen LogP contribution in [0.3, 0.4) is 0 Å². The second-order valence-corrected chi connectivity index (χ2v) is 0. The van der Waals surface area contributed by atoms with Crippen molar-refractivity contribution >= 4 is 24.0 Å². The zero-order chi connectivity index (χ0) is 0. The Morgan fingerprint density at radius 1 is 0.286 bits per heavy atom. The highest BCUT2D eigenvalue weighted by atomic mass is 127. The van der Waals surface area contributed by atoms with Crippen molar-refractivity contribution in [1.29, 1.82) is 0 Å². The van der Waals surface area contributed by atoms with Crippen molar-refractivity contribution in [2.45, 2.75) is 0 Å². The Morgan fingerprint density at radius 3 is 0.286 bits per heavy atom. The van der Waals surface area contributed by atoms with E-state index >= 15 is 0 Å². The van der Waals surface area contributed by atoms with Gasteiger partial charge in [-0.3, -0.25) is 28.2 Å². The van der Waals surface area contributed by atoms with E-state index in [-0.39, 0.29) is 52.2 Å². The molecule has 0 aliphatic rings. The molecule has 0 spiro atoms. The molecule has 0 nitrogen and oxygen atoms in total. The topological polar surface area (TPSA) is 0 Å². The van der Waals surface area contributed by atoms with E-state index in [1.807, 2.05) is 0 Å². The molecule has 0 saturated carbocycles. The molecule has 0 heterocycles. The van der Waals surface area contributed by atoms with Crippen molar-refractivity contribution in [3.63, 3.8) is 0 Å². The van der Waals surface area contributed by atoms with Crippen molar-refractivity contribution < 1.29 is 28.2 Å². The molecule has 0 bridgehead atoms. The van der Waals surface area contributed by atoms with Gasteiger partial charge in [0.25, 0.3) is 0 Å². The summed E-state index contributed by atoms with van der Waals surface area (Å²) >= 11 is 0. The first-order valence-corrected chi connectivity index (χ1v) is 0. The van der Waals surface area contributed by atoms with Crippen molar-refractivity contribution in [1.82, 2.24) is 0 Å². The van der Waals surface area contributed by atoms with E-state index in [0.717, 1.165) is 0 Å². The first-order valence-electron chi connectivity index (χ1n) is 0. The Morgan fingerprint density at radius 2 is 0.286 bits per heavy atom. The molecule has 56 valence electrons. The highest BCUT2D eigenvalue weighted by Crippen LogP contribution is 0.886. The number of hydrogen-bond donors (Lipinski definition) is 0. The van der Waals surface area contributed by atoms with Crippen molar-refractivity contribution in [2.75, 3.05) is 0 Å². The maximum atomic E-state index is 0. The molecule has 0 unspecified atom stereocenters. The molecule has 0 fully saturated rings. The minimum atomic E-state index is 0. The van der Waals surface area contributed by atoms with Crippen LogP contribution in [0.15, 0.2) is 0 Å². The minimum absolute atomic E-state index is 0. The number of hydrogen-bond acceptors (Lipinski definition) is 0. The fourth-order valence-corrected chi connectivity index (χ4v) is 0. The van der Waals surface area contributed by atoms with Gasteiger partial charge >= 0.3 is 0 Å². The summed E-state index contributed by atoms with van der Waals surface area (Å²) in [6, 6.07) is 0. The normalized spacial score (nSPS) is 0. The average molecular weight is 248 g/mol. The highest BCUT2D eigenvalue weighted by molar-refractivity contribution is 14.0. The van der Waals surface area contributed by atoms with Crippen LogP contribution >= 0.6 is 24.0 Å². The predicted molar refractivity (Wildman–Crippen MR) is 30.4 cm³/mol. The molecule has 0 atom stereocenters. The maximum absolute atomic E-state index is 0. The van der Waals surface area contributed by atoms with E-state index in [1.165, 1.54) is 0 Å². The Kier molecular flexibility index (Phi) is 801000. The average Bonchev–Trinajstić information content (AvgIpc) is 0. The molecule has 7 heavy (non-hydrogen) atoms. The quantitative estimate of drug-likeness (QED) is 0.450. The van der Waals surface area contributed by atoms with Crippen LogP contribution in [-0.2, 0) is 0 Å². The van der Waals surface area contributed by atoms with Gasteiger partial charge in [0.2, 0.25) is 0 Å². The van der Waals surface area contributed by atoms with Crippen molar-refractivity contribution in [2.24, 2.45) is 0 Å². The number of rotatable bonds is 0. The van der Waals surface area contributed by atoms with Crippen LogP contribution in [0.2, 0.25) is 0 Å². The summed E-state index contributed by atoms with van der Waals surface area (Å²) in [6.07, 6.45) is 0. The summed E-state index contributed by atoms with van der Waals surface area (Å²) in [6.45, 7) is 0. The number of halogens is 7. The molecule has 0 N–H and O–H groups in total. The third-order valence-electron chi connectivity index (χ3n) is 0. The van der Waals surface area contributed by atoms with Gasteiger partial charge in [-0.2, -0.15) is 0 Å². The van der Waals surface area contributed by atoms with E-state index in [4.69, 9.17) is 0 Å². The Balaban J connectivity index is 0. The van der Waals surface area contributed by atoms with Gasteiger partial charge in [0.05, 0.1) is 0 Å². The smallest absolute Gasteiger partial charge is 0.107 e. The highest BCUT2D eigenvalue weighted by Gasteiger charge is -0.107. The van der Waals surface area contributed by atoms with Crippen molar-refractivity contribution in [3.05, 3.63) is 0 Å². The molecule has 0 aliphatic carbocycles. The van der Waals surface area contributed by atoms with Gasteiger partial charge in [-0.05, 0) is 0 Å². The first-order chi connectivity index (χ1) is 0. The lowest BCUT2D eigenvalue weighted by Gasteiger charge is -0.270. The SMILES string of the molecule is F.F.F.F.F.F.I. The van der Waals surface area contributed by atoms with Crippen LogP contribution in [-0.4, -0.2) is 0 Å². The molecule has 0 radical (unpaired) electrons. The Labute approximate surface area is 52.9 Å². The van der Waals surface area contributed by atoms with Crippen LogP contribution in [0.4, 0.5) is 28.2 Å². The van der Waals surface area contributed by atoms with E-state index in [0.29, 0.717) is 0 Å². The first kappa shape index (κ1) is 3030. The summed E-state index contributed by atoms with van der Waals surface area (Å²) in [4.78, 5) is 0. The third kappa shape index (κ3) is 1220. The fraction of sp³-hybridized carbons (Fsp3) is 0. The minimum Gasteiger partial charge on any atom is -0.269 e. The fourth-order valence-electron chi connectivity index (χ4n) is 0.